The van der Waals surface area contributed by atoms with Crippen molar-refractivity contribution in [2.24, 2.45) is 0 Å². The smallest absolute Gasteiger partial charge is 0.335 e. The summed E-state index contributed by atoms with van der Waals surface area (Å²) in [6.45, 7) is 6.25. The maximum absolute atomic E-state index is 11.2. The number of hydrogen-bond acceptors (Lipinski definition) is 4. The number of aromatic carboxylic acids is 1. The number of ether oxygens (including phenoxy) is 2. The van der Waals surface area contributed by atoms with Crippen molar-refractivity contribution in [1.82, 2.24) is 0 Å². The molecular weight excluding hydrogens is 356 g/mol. The maximum atomic E-state index is 11.2. The molecule has 0 saturated heterocycles. The first-order chi connectivity index (χ1) is 13.5. The van der Waals surface area contributed by atoms with E-state index < -0.39 is 5.97 Å². The van der Waals surface area contributed by atoms with Crippen molar-refractivity contribution in [2.75, 3.05) is 13.2 Å². The number of carboxylic acids is 1. The zero-order valence-corrected chi connectivity index (χ0v) is 16.1. The zero-order valence-electron chi connectivity index (χ0n) is 16.1. The molecule has 0 aromatic heterocycles. The Balaban J connectivity index is 1.65. The quantitative estimate of drug-likeness (QED) is 0.332. The van der Waals surface area contributed by atoms with Gasteiger partial charge < -0.3 is 14.6 Å². The van der Waals surface area contributed by atoms with Gasteiger partial charge in [0.1, 0.15) is 5.75 Å². The lowest BCUT2D eigenvalue weighted by Crippen LogP contribution is -2.06. The van der Waals surface area contributed by atoms with E-state index in [4.69, 9.17) is 14.6 Å². The number of carboxylic acid groups (broad SMARTS) is 1. The lowest BCUT2D eigenvalue weighted by atomic mass is 10.0. The van der Waals surface area contributed by atoms with Crippen molar-refractivity contribution in [3.8, 4) is 16.9 Å². The van der Waals surface area contributed by atoms with Gasteiger partial charge in [0.2, 0.25) is 0 Å². The Kier molecular flexibility index (Phi) is 8.28. The predicted octanol–water partition coefficient (Wildman–Crippen LogP) is 5.11. The van der Waals surface area contributed by atoms with E-state index in [9.17, 15) is 9.59 Å². The SMILES string of the molecule is C=C(C)C(=O)OCCCCCCOc1ccc(-c2ccc(C(=O)O)cc2)cc1. The van der Waals surface area contributed by atoms with Crippen molar-refractivity contribution < 1.29 is 24.2 Å². The van der Waals surface area contributed by atoms with Crippen LogP contribution in [0.5, 0.6) is 5.75 Å². The third kappa shape index (κ3) is 6.91. The molecule has 1 N–H and O–H groups in total. The Hall–Kier alpha value is -3.08. The number of unbranched alkanes of at least 4 members (excludes halogenated alkanes) is 3. The fourth-order valence-corrected chi connectivity index (χ4v) is 2.58. The first-order valence-electron chi connectivity index (χ1n) is 9.36. The second-order valence-corrected chi connectivity index (χ2v) is 6.59. The fraction of sp³-hybridized carbons (Fsp3) is 0.304. The van der Waals surface area contributed by atoms with Crippen LogP contribution in [0.4, 0.5) is 0 Å². The molecule has 5 heteroatoms. The summed E-state index contributed by atoms with van der Waals surface area (Å²) in [7, 11) is 0. The average molecular weight is 382 g/mol. The number of esters is 1. The van der Waals surface area contributed by atoms with Crippen LogP contribution < -0.4 is 4.74 Å². The molecule has 0 heterocycles. The summed E-state index contributed by atoms with van der Waals surface area (Å²) < 4.78 is 10.8. The summed E-state index contributed by atoms with van der Waals surface area (Å²) in [6, 6.07) is 14.5. The summed E-state index contributed by atoms with van der Waals surface area (Å²) in [5, 5.41) is 8.95. The molecule has 0 amide bonds. The maximum Gasteiger partial charge on any atom is 0.335 e. The first kappa shape index (κ1) is 21.2. The highest BCUT2D eigenvalue weighted by Crippen LogP contribution is 2.23. The molecule has 2 rings (SSSR count). The van der Waals surface area contributed by atoms with Crippen LogP contribution in [-0.2, 0) is 9.53 Å². The molecule has 0 fully saturated rings. The monoisotopic (exact) mass is 382 g/mol. The molecule has 148 valence electrons. The topological polar surface area (TPSA) is 72.8 Å². The zero-order chi connectivity index (χ0) is 20.4. The van der Waals surface area contributed by atoms with Gasteiger partial charge in [-0.25, -0.2) is 9.59 Å². The summed E-state index contributed by atoms with van der Waals surface area (Å²) in [5.74, 6) is -0.450. The molecule has 0 unspecified atom stereocenters. The van der Waals surface area contributed by atoms with Gasteiger partial charge in [-0.05, 0) is 68.0 Å². The largest absolute Gasteiger partial charge is 0.494 e. The van der Waals surface area contributed by atoms with Crippen LogP contribution in [0.2, 0.25) is 0 Å². The Labute approximate surface area is 165 Å². The molecule has 2 aromatic rings. The van der Waals surface area contributed by atoms with Crippen molar-refractivity contribution >= 4 is 11.9 Å². The molecule has 0 aliphatic carbocycles. The van der Waals surface area contributed by atoms with Crippen LogP contribution in [-0.4, -0.2) is 30.3 Å². The van der Waals surface area contributed by atoms with Gasteiger partial charge in [0, 0.05) is 5.57 Å². The lowest BCUT2D eigenvalue weighted by Gasteiger charge is -2.08. The van der Waals surface area contributed by atoms with Crippen LogP contribution in [0.1, 0.15) is 43.0 Å². The third-order valence-electron chi connectivity index (χ3n) is 4.21. The average Bonchev–Trinajstić information content (AvgIpc) is 2.70. The van der Waals surface area contributed by atoms with E-state index in [2.05, 4.69) is 6.58 Å². The van der Waals surface area contributed by atoms with Gasteiger partial charge in [0.15, 0.2) is 0 Å². The standard InChI is InChI=1S/C23H26O5/c1-17(2)23(26)28-16-6-4-3-5-15-27-21-13-11-19(12-14-21)18-7-9-20(10-8-18)22(24)25/h7-14H,1,3-6,15-16H2,2H3,(H,24,25). The van der Waals surface area contributed by atoms with Crippen molar-refractivity contribution in [1.29, 1.82) is 0 Å². The normalized spacial score (nSPS) is 10.3. The number of rotatable bonds is 11. The van der Waals surface area contributed by atoms with Crippen LogP contribution in [0.25, 0.3) is 11.1 Å². The summed E-state index contributed by atoms with van der Waals surface area (Å²) in [6.07, 6.45) is 3.78. The Morgan fingerprint density at radius 1 is 0.857 bits per heavy atom. The van der Waals surface area contributed by atoms with Gasteiger partial charge in [-0.1, -0.05) is 30.8 Å². The van der Waals surface area contributed by atoms with Crippen molar-refractivity contribution in [3.63, 3.8) is 0 Å². The number of hydrogen-bond donors (Lipinski definition) is 1. The fourth-order valence-electron chi connectivity index (χ4n) is 2.58. The molecule has 28 heavy (non-hydrogen) atoms. The van der Waals surface area contributed by atoms with Crippen molar-refractivity contribution in [3.05, 3.63) is 66.2 Å². The highest BCUT2D eigenvalue weighted by Gasteiger charge is 2.04. The Morgan fingerprint density at radius 2 is 1.39 bits per heavy atom. The molecule has 0 spiro atoms. The minimum Gasteiger partial charge on any atom is -0.494 e. The molecule has 2 aromatic carbocycles. The molecule has 0 bridgehead atoms. The number of carbonyl (C=O) groups excluding carboxylic acids is 1. The molecule has 0 radical (unpaired) electrons. The Bertz CT molecular complexity index is 791. The van der Waals surface area contributed by atoms with E-state index in [0.717, 1.165) is 42.6 Å². The highest BCUT2D eigenvalue weighted by atomic mass is 16.5. The molecule has 0 aliphatic rings. The second kappa shape index (κ2) is 10.9. The van der Waals surface area contributed by atoms with Crippen LogP contribution in [0.3, 0.4) is 0 Å². The van der Waals surface area contributed by atoms with Crippen LogP contribution in [0, 0.1) is 0 Å². The lowest BCUT2D eigenvalue weighted by molar-refractivity contribution is -0.139. The van der Waals surface area contributed by atoms with Gasteiger partial charge >= 0.3 is 11.9 Å². The van der Waals surface area contributed by atoms with Gasteiger partial charge in [-0.15, -0.1) is 0 Å². The summed E-state index contributed by atoms with van der Waals surface area (Å²) >= 11 is 0. The van der Waals surface area contributed by atoms with Crippen molar-refractivity contribution in [2.45, 2.75) is 32.6 Å². The first-order valence-corrected chi connectivity index (χ1v) is 9.36. The van der Waals surface area contributed by atoms with E-state index in [0.29, 0.717) is 18.8 Å². The van der Waals surface area contributed by atoms with Gasteiger partial charge in [0.05, 0.1) is 18.8 Å². The molecule has 0 atom stereocenters. The van der Waals surface area contributed by atoms with Gasteiger partial charge in [-0.2, -0.15) is 0 Å². The highest BCUT2D eigenvalue weighted by molar-refractivity contribution is 5.88. The van der Waals surface area contributed by atoms with E-state index in [1.165, 1.54) is 0 Å². The molecule has 0 saturated carbocycles. The van der Waals surface area contributed by atoms with E-state index in [1.54, 1.807) is 31.2 Å². The van der Waals surface area contributed by atoms with Gasteiger partial charge in [0.25, 0.3) is 0 Å². The Morgan fingerprint density at radius 3 is 1.93 bits per heavy atom. The minimum absolute atomic E-state index is 0.276. The number of carbonyl (C=O) groups is 2. The summed E-state index contributed by atoms with van der Waals surface area (Å²) in [5.41, 5.74) is 2.67. The second-order valence-electron chi connectivity index (χ2n) is 6.59. The summed E-state index contributed by atoms with van der Waals surface area (Å²) in [4.78, 5) is 22.1. The molecular formula is C23H26O5. The number of benzene rings is 2. The molecule has 5 nitrogen and oxygen atoms in total. The predicted molar refractivity (Wildman–Crippen MR) is 109 cm³/mol. The van der Waals surface area contributed by atoms with Crippen LogP contribution >= 0.6 is 0 Å². The van der Waals surface area contributed by atoms with Gasteiger partial charge in [-0.3, -0.25) is 0 Å². The molecule has 0 aliphatic heterocycles. The van der Waals surface area contributed by atoms with E-state index >= 15 is 0 Å². The third-order valence-corrected chi connectivity index (χ3v) is 4.21. The van der Waals surface area contributed by atoms with E-state index in [1.807, 2.05) is 24.3 Å². The van der Waals surface area contributed by atoms with Crippen LogP contribution in [0.15, 0.2) is 60.7 Å². The van der Waals surface area contributed by atoms with E-state index in [-0.39, 0.29) is 11.5 Å². The minimum atomic E-state index is -0.928.